The Labute approximate surface area is 222 Å². The van der Waals surface area contributed by atoms with Crippen LogP contribution >= 0.6 is 0 Å². The number of carbonyl (C=O) groups is 2. The van der Waals surface area contributed by atoms with Crippen molar-refractivity contribution in [1.82, 2.24) is 5.32 Å². The van der Waals surface area contributed by atoms with Crippen LogP contribution in [-0.4, -0.2) is 46.2 Å². The van der Waals surface area contributed by atoms with Crippen LogP contribution in [0.25, 0.3) is 11.1 Å². The van der Waals surface area contributed by atoms with Crippen molar-refractivity contribution in [3.05, 3.63) is 98.1 Å². The van der Waals surface area contributed by atoms with Crippen molar-refractivity contribution in [3.8, 4) is 11.1 Å². The normalized spacial score (nSPS) is 12.6. The number of alkyl carbamates (subject to hydrolysis) is 1. The van der Waals surface area contributed by atoms with Crippen LogP contribution in [-0.2, 0) is 9.53 Å². The van der Waals surface area contributed by atoms with E-state index >= 15 is 0 Å². The molecule has 0 spiro atoms. The van der Waals surface area contributed by atoms with E-state index in [2.05, 4.69) is 10.6 Å². The molecule has 0 aromatic heterocycles. The molecule has 0 heterocycles. The van der Waals surface area contributed by atoms with Crippen molar-refractivity contribution in [2.75, 3.05) is 18.5 Å². The molecular weight excluding hydrogens is 508 g/mol. The Morgan fingerprint density at radius 1 is 0.897 bits per heavy atom. The number of nitrogens with zero attached hydrogens (tertiary/aromatic N) is 2. The van der Waals surface area contributed by atoms with E-state index in [1.54, 1.807) is 0 Å². The molecule has 3 N–H and O–H groups in total. The number of carbonyl (C=O) groups excluding carboxylic acids is 1. The molecule has 0 saturated heterocycles. The summed E-state index contributed by atoms with van der Waals surface area (Å²) in [6.07, 6.45) is 0.138. The Hall–Kier alpha value is -5.00. The van der Waals surface area contributed by atoms with Crippen LogP contribution in [0.5, 0.6) is 0 Å². The van der Waals surface area contributed by atoms with Gasteiger partial charge in [0.1, 0.15) is 12.6 Å². The monoisotopic (exact) mass is 534 g/mol. The minimum atomic E-state index is -1.20. The van der Waals surface area contributed by atoms with Gasteiger partial charge in [-0.3, -0.25) is 20.2 Å². The Morgan fingerprint density at radius 2 is 1.46 bits per heavy atom. The number of carboxylic acid groups (broad SMARTS) is 1. The molecule has 39 heavy (non-hydrogen) atoms. The molecule has 0 bridgehead atoms. The predicted molar refractivity (Wildman–Crippen MR) is 142 cm³/mol. The third-order valence-electron chi connectivity index (χ3n) is 6.51. The minimum absolute atomic E-state index is 0.0610. The molecule has 1 amide bonds. The van der Waals surface area contributed by atoms with Crippen LogP contribution in [0.3, 0.4) is 0 Å². The van der Waals surface area contributed by atoms with Crippen LogP contribution in [0.1, 0.15) is 36.3 Å². The molecule has 12 heteroatoms. The van der Waals surface area contributed by atoms with Gasteiger partial charge in [0.05, 0.1) is 15.9 Å². The van der Waals surface area contributed by atoms with Gasteiger partial charge < -0.3 is 20.5 Å². The van der Waals surface area contributed by atoms with Crippen LogP contribution < -0.4 is 10.6 Å². The Morgan fingerprint density at radius 3 is 2.00 bits per heavy atom. The number of rotatable bonds is 12. The topological polar surface area (TPSA) is 174 Å². The molecule has 0 fully saturated rings. The van der Waals surface area contributed by atoms with E-state index in [-0.39, 0.29) is 31.2 Å². The van der Waals surface area contributed by atoms with Gasteiger partial charge in [-0.25, -0.2) is 9.59 Å². The minimum Gasteiger partial charge on any atom is -0.480 e. The van der Waals surface area contributed by atoms with Gasteiger partial charge in [0.2, 0.25) is 0 Å². The zero-order chi connectivity index (χ0) is 27.9. The lowest BCUT2D eigenvalue weighted by Gasteiger charge is -2.17. The molecule has 12 nitrogen and oxygen atoms in total. The fourth-order valence-electron chi connectivity index (χ4n) is 4.65. The SMILES string of the molecule is O=C(N[C@H](CCCCNc1cc([N+](=O)[O-])cc([N+](=O)[O-])c1)C(=O)O)OCC1c2ccccc2-c2ccccc21. The third kappa shape index (κ3) is 6.47. The van der Waals surface area contributed by atoms with Gasteiger partial charge >= 0.3 is 12.1 Å². The maximum atomic E-state index is 12.5. The van der Waals surface area contributed by atoms with E-state index in [1.165, 1.54) is 12.1 Å². The Bertz CT molecular complexity index is 1330. The number of nitro groups is 2. The number of ether oxygens (including phenoxy) is 1. The van der Waals surface area contributed by atoms with Crippen molar-refractivity contribution >= 4 is 29.1 Å². The van der Waals surface area contributed by atoms with Gasteiger partial charge in [0, 0.05) is 30.3 Å². The maximum Gasteiger partial charge on any atom is 0.407 e. The van der Waals surface area contributed by atoms with E-state index in [4.69, 9.17) is 4.74 Å². The first-order valence-electron chi connectivity index (χ1n) is 12.3. The van der Waals surface area contributed by atoms with E-state index in [0.717, 1.165) is 28.3 Å². The van der Waals surface area contributed by atoms with Crippen LogP contribution in [0.2, 0.25) is 0 Å². The quantitative estimate of drug-likeness (QED) is 0.163. The first-order valence-corrected chi connectivity index (χ1v) is 12.3. The van der Waals surface area contributed by atoms with Gasteiger partial charge in [0.25, 0.3) is 11.4 Å². The highest BCUT2D eigenvalue weighted by atomic mass is 16.6. The van der Waals surface area contributed by atoms with Crippen LogP contribution in [0.4, 0.5) is 21.9 Å². The summed E-state index contributed by atoms with van der Waals surface area (Å²) in [4.78, 5) is 44.8. The number of anilines is 1. The third-order valence-corrected chi connectivity index (χ3v) is 6.51. The maximum absolute atomic E-state index is 12.5. The lowest BCUT2D eigenvalue weighted by atomic mass is 9.98. The molecule has 0 saturated carbocycles. The summed E-state index contributed by atoms with van der Waals surface area (Å²) in [5.74, 6) is -1.35. The van der Waals surface area contributed by atoms with Gasteiger partial charge in [-0.15, -0.1) is 0 Å². The van der Waals surface area contributed by atoms with Crippen molar-refractivity contribution in [3.63, 3.8) is 0 Å². The summed E-state index contributed by atoms with van der Waals surface area (Å²) in [6, 6.07) is 17.8. The molecular formula is C27H26N4O8. The summed E-state index contributed by atoms with van der Waals surface area (Å²) in [5, 5.41) is 36.9. The summed E-state index contributed by atoms with van der Waals surface area (Å²) < 4.78 is 5.43. The van der Waals surface area contributed by atoms with Gasteiger partial charge in [-0.05, 0) is 41.5 Å². The highest BCUT2D eigenvalue weighted by Gasteiger charge is 2.29. The molecule has 1 aliphatic rings. The number of hydrogen-bond donors (Lipinski definition) is 3. The highest BCUT2D eigenvalue weighted by Crippen LogP contribution is 2.44. The molecule has 3 aromatic carbocycles. The lowest BCUT2D eigenvalue weighted by molar-refractivity contribution is -0.394. The largest absolute Gasteiger partial charge is 0.480 e. The molecule has 0 unspecified atom stereocenters. The zero-order valence-corrected chi connectivity index (χ0v) is 20.7. The second kappa shape index (κ2) is 12.0. The fourth-order valence-corrected chi connectivity index (χ4v) is 4.65. The number of hydrogen-bond acceptors (Lipinski definition) is 8. The van der Waals surface area contributed by atoms with Crippen molar-refractivity contribution < 1.29 is 29.3 Å². The number of fused-ring (bicyclic) bond motifs is 3. The second-order valence-corrected chi connectivity index (χ2v) is 9.04. The summed E-state index contributed by atoms with van der Waals surface area (Å²) >= 11 is 0. The molecule has 202 valence electrons. The number of carboxylic acids is 1. The number of amides is 1. The van der Waals surface area contributed by atoms with E-state index < -0.39 is 39.3 Å². The smallest absolute Gasteiger partial charge is 0.407 e. The highest BCUT2D eigenvalue weighted by molar-refractivity contribution is 5.81. The number of benzene rings is 3. The molecule has 0 aliphatic heterocycles. The van der Waals surface area contributed by atoms with E-state index in [0.29, 0.717) is 12.8 Å². The van der Waals surface area contributed by atoms with Gasteiger partial charge in [-0.1, -0.05) is 48.5 Å². The Balaban J connectivity index is 1.26. The summed E-state index contributed by atoms with van der Waals surface area (Å²) in [6.45, 7) is 0.348. The number of nitrogens with one attached hydrogen (secondary N) is 2. The van der Waals surface area contributed by atoms with Crippen molar-refractivity contribution in [1.29, 1.82) is 0 Å². The number of aliphatic carboxylic acids is 1. The number of unbranched alkanes of at least 4 members (excludes halogenated alkanes) is 1. The molecule has 1 atom stereocenters. The number of non-ortho nitro benzene ring substituents is 2. The second-order valence-electron chi connectivity index (χ2n) is 9.04. The molecule has 0 radical (unpaired) electrons. The van der Waals surface area contributed by atoms with Gasteiger partial charge in [0.15, 0.2) is 0 Å². The molecule has 4 rings (SSSR count). The zero-order valence-electron chi connectivity index (χ0n) is 20.7. The molecule has 1 aliphatic carbocycles. The first-order chi connectivity index (χ1) is 18.7. The fraction of sp³-hybridized carbons (Fsp3) is 0.259. The average molecular weight is 535 g/mol. The van der Waals surface area contributed by atoms with Gasteiger partial charge in [-0.2, -0.15) is 0 Å². The summed E-state index contributed by atoms with van der Waals surface area (Å²) in [7, 11) is 0. The average Bonchev–Trinajstić information content (AvgIpc) is 3.24. The van der Waals surface area contributed by atoms with Crippen molar-refractivity contribution in [2.24, 2.45) is 0 Å². The summed E-state index contributed by atoms with van der Waals surface area (Å²) in [5.41, 5.74) is 3.64. The predicted octanol–water partition coefficient (Wildman–Crippen LogP) is 5.08. The number of nitro benzene ring substituents is 2. The standard InChI is InChI=1S/C27H26N4O8/c32-26(33)25(11-5-6-12-28-17-13-18(30(35)36)15-19(14-17)31(37)38)29-27(34)39-16-24-22-9-3-1-7-20(22)21-8-2-4-10-23(21)24/h1-4,7-10,13-15,24-25,28H,5-6,11-12,16H2,(H,29,34)(H,32,33)/t25-/m1/s1. The molecule has 3 aromatic rings. The van der Waals surface area contributed by atoms with E-state index in [1.807, 2.05) is 48.5 Å². The van der Waals surface area contributed by atoms with Crippen LogP contribution in [0.15, 0.2) is 66.7 Å². The Kier molecular flexibility index (Phi) is 8.34. The first kappa shape index (κ1) is 27.0. The van der Waals surface area contributed by atoms with E-state index in [9.17, 15) is 34.9 Å². The van der Waals surface area contributed by atoms with Crippen molar-refractivity contribution in [2.45, 2.75) is 31.2 Å². The van der Waals surface area contributed by atoms with Crippen LogP contribution in [0, 0.1) is 20.2 Å². The lowest BCUT2D eigenvalue weighted by Crippen LogP contribution is -2.41.